The molecule has 0 N–H and O–H groups in total. The van der Waals surface area contributed by atoms with E-state index in [1.807, 2.05) is 18.5 Å². The van der Waals surface area contributed by atoms with Gasteiger partial charge in [0.1, 0.15) is 11.6 Å². The Kier molecular flexibility index (Phi) is 4.02. The Morgan fingerprint density at radius 2 is 2.13 bits per heavy atom. The predicted molar refractivity (Wildman–Crippen MR) is 85.4 cm³/mol. The van der Waals surface area contributed by atoms with Crippen LogP contribution in [0.4, 0.5) is 0 Å². The van der Waals surface area contributed by atoms with Crippen molar-refractivity contribution in [2.75, 3.05) is 13.1 Å². The molecule has 1 fully saturated rings. The number of rotatable bonds is 2. The summed E-state index contributed by atoms with van der Waals surface area (Å²) < 4.78 is 3.37. The van der Waals surface area contributed by atoms with E-state index in [2.05, 4.69) is 10.1 Å². The van der Waals surface area contributed by atoms with Gasteiger partial charge in [-0.2, -0.15) is 5.10 Å². The molecule has 0 spiro atoms. The zero-order chi connectivity index (χ0) is 16.6. The van der Waals surface area contributed by atoms with Gasteiger partial charge in [-0.1, -0.05) is 0 Å². The molecule has 122 valence electrons. The minimum atomic E-state index is -0.174. The second-order valence-electron chi connectivity index (χ2n) is 6.06. The summed E-state index contributed by atoms with van der Waals surface area (Å²) in [6, 6.07) is 3.23. The number of pyridine rings is 1. The van der Waals surface area contributed by atoms with E-state index < -0.39 is 0 Å². The number of piperidine rings is 1. The Bertz CT molecular complexity index is 792. The van der Waals surface area contributed by atoms with Crippen molar-refractivity contribution in [3.05, 3.63) is 45.9 Å². The predicted octanol–water partition coefficient (Wildman–Crippen LogP) is 1.07. The first kappa shape index (κ1) is 15.5. The fourth-order valence-electron chi connectivity index (χ4n) is 3.08. The number of likely N-dealkylation sites (tertiary alicyclic amines) is 1. The first-order chi connectivity index (χ1) is 11.0. The van der Waals surface area contributed by atoms with E-state index >= 15 is 0 Å². The maximum Gasteiger partial charge on any atom is 0.254 e. The van der Waals surface area contributed by atoms with E-state index in [0.717, 1.165) is 24.5 Å². The maximum absolute atomic E-state index is 12.7. The van der Waals surface area contributed by atoms with E-state index in [0.29, 0.717) is 18.7 Å². The summed E-state index contributed by atoms with van der Waals surface area (Å²) in [5.74, 6) is 1.52. The lowest BCUT2D eigenvalue weighted by Crippen LogP contribution is -2.41. The highest BCUT2D eigenvalue weighted by molar-refractivity contribution is 5.94. The SMILES string of the molecule is Cc1nc(C)n([C@@H]2CCCN(C(=O)c3ccn(C)c(=O)c3)C2)n1. The summed E-state index contributed by atoms with van der Waals surface area (Å²) in [4.78, 5) is 30.5. The van der Waals surface area contributed by atoms with Gasteiger partial charge in [0.05, 0.1) is 6.04 Å². The molecule has 23 heavy (non-hydrogen) atoms. The Morgan fingerprint density at radius 3 is 2.78 bits per heavy atom. The van der Waals surface area contributed by atoms with Gasteiger partial charge >= 0.3 is 0 Å². The lowest BCUT2D eigenvalue weighted by atomic mass is 10.0. The molecular formula is C16H21N5O2. The second-order valence-corrected chi connectivity index (χ2v) is 6.06. The van der Waals surface area contributed by atoms with Crippen LogP contribution in [0.3, 0.4) is 0 Å². The Balaban J connectivity index is 1.80. The average molecular weight is 315 g/mol. The lowest BCUT2D eigenvalue weighted by molar-refractivity contribution is 0.0671. The van der Waals surface area contributed by atoms with Crippen molar-refractivity contribution < 1.29 is 4.79 Å². The number of amides is 1. The average Bonchev–Trinajstić information content (AvgIpc) is 2.88. The van der Waals surface area contributed by atoms with Gasteiger partial charge < -0.3 is 9.47 Å². The van der Waals surface area contributed by atoms with Crippen molar-refractivity contribution in [3.63, 3.8) is 0 Å². The number of hydrogen-bond acceptors (Lipinski definition) is 4. The van der Waals surface area contributed by atoms with Crippen molar-refractivity contribution >= 4 is 5.91 Å². The summed E-state index contributed by atoms with van der Waals surface area (Å²) in [6.45, 7) is 5.10. The molecule has 3 rings (SSSR count). The quantitative estimate of drug-likeness (QED) is 0.831. The largest absolute Gasteiger partial charge is 0.336 e. The van der Waals surface area contributed by atoms with Crippen LogP contribution >= 0.6 is 0 Å². The fourth-order valence-corrected chi connectivity index (χ4v) is 3.08. The third-order valence-electron chi connectivity index (χ3n) is 4.29. The van der Waals surface area contributed by atoms with Crippen LogP contribution in [0.15, 0.2) is 23.1 Å². The number of aromatic nitrogens is 4. The van der Waals surface area contributed by atoms with Gasteiger partial charge in [-0.25, -0.2) is 9.67 Å². The van der Waals surface area contributed by atoms with Gasteiger partial charge in [0.2, 0.25) is 0 Å². The van der Waals surface area contributed by atoms with Crippen LogP contribution in [0, 0.1) is 13.8 Å². The first-order valence-corrected chi connectivity index (χ1v) is 7.81. The molecule has 0 radical (unpaired) electrons. The molecule has 7 nitrogen and oxygen atoms in total. The van der Waals surface area contributed by atoms with E-state index in [1.165, 1.54) is 10.6 Å². The summed E-state index contributed by atoms with van der Waals surface area (Å²) in [6.07, 6.45) is 3.52. The fraction of sp³-hybridized carbons (Fsp3) is 0.500. The molecule has 0 aliphatic carbocycles. The van der Waals surface area contributed by atoms with Gasteiger partial charge in [-0.05, 0) is 32.8 Å². The monoisotopic (exact) mass is 315 g/mol. The summed E-state index contributed by atoms with van der Waals surface area (Å²) in [5.41, 5.74) is 0.271. The van der Waals surface area contributed by atoms with Crippen molar-refractivity contribution in [2.45, 2.75) is 32.7 Å². The minimum Gasteiger partial charge on any atom is -0.336 e. The molecule has 2 aromatic rings. The molecule has 3 heterocycles. The van der Waals surface area contributed by atoms with Gasteiger partial charge in [-0.3, -0.25) is 9.59 Å². The highest BCUT2D eigenvalue weighted by atomic mass is 16.2. The molecule has 1 amide bonds. The van der Waals surface area contributed by atoms with Crippen LogP contribution in [0.25, 0.3) is 0 Å². The Labute approximate surface area is 134 Å². The van der Waals surface area contributed by atoms with Crippen LogP contribution in [-0.4, -0.2) is 43.2 Å². The molecule has 0 saturated carbocycles. The van der Waals surface area contributed by atoms with Crippen LogP contribution in [0.2, 0.25) is 0 Å². The molecule has 1 aliphatic heterocycles. The maximum atomic E-state index is 12.7. The van der Waals surface area contributed by atoms with E-state index in [1.54, 1.807) is 24.2 Å². The van der Waals surface area contributed by atoms with Crippen LogP contribution in [0.5, 0.6) is 0 Å². The van der Waals surface area contributed by atoms with Crippen LogP contribution in [0.1, 0.15) is 40.9 Å². The molecule has 1 atom stereocenters. The van der Waals surface area contributed by atoms with E-state index in [9.17, 15) is 9.59 Å². The van der Waals surface area contributed by atoms with Gasteiger partial charge in [0.25, 0.3) is 11.5 Å². The summed E-state index contributed by atoms with van der Waals surface area (Å²) >= 11 is 0. The van der Waals surface area contributed by atoms with Crippen molar-refractivity contribution in [1.82, 2.24) is 24.2 Å². The van der Waals surface area contributed by atoms with Gasteiger partial charge in [-0.15, -0.1) is 0 Å². The van der Waals surface area contributed by atoms with Crippen molar-refractivity contribution in [1.29, 1.82) is 0 Å². The Hall–Kier alpha value is -2.44. The number of hydrogen-bond donors (Lipinski definition) is 0. The van der Waals surface area contributed by atoms with Crippen molar-refractivity contribution in [3.8, 4) is 0 Å². The number of nitrogens with zero attached hydrogens (tertiary/aromatic N) is 5. The number of carbonyl (C=O) groups is 1. The molecular weight excluding hydrogens is 294 g/mol. The molecule has 1 saturated heterocycles. The summed E-state index contributed by atoms with van der Waals surface area (Å²) in [5, 5.41) is 4.44. The van der Waals surface area contributed by atoms with Gasteiger partial charge in [0.15, 0.2) is 0 Å². The highest BCUT2D eigenvalue weighted by Crippen LogP contribution is 2.23. The Morgan fingerprint density at radius 1 is 1.35 bits per heavy atom. The highest BCUT2D eigenvalue weighted by Gasteiger charge is 2.27. The molecule has 7 heteroatoms. The lowest BCUT2D eigenvalue weighted by Gasteiger charge is -2.33. The van der Waals surface area contributed by atoms with E-state index in [4.69, 9.17) is 0 Å². The molecule has 0 unspecified atom stereocenters. The second kappa shape index (κ2) is 5.98. The third-order valence-corrected chi connectivity index (χ3v) is 4.29. The molecule has 2 aromatic heterocycles. The van der Waals surface area contributed by atoms with E-state index in [-0.39, 0.29) is 17.5 Å². The normalized spacial score (nSPS) is 18.2. The topological polar surface area (TPSA) is 73.0 Å². The zero-order valence-electron chi connectivity index (χ0n) is 13.7. The van der Waals surface area contributed by atoms with Crippen LogP contribution < -0.4 is 5.56 Å². The zero-order valence-corrected chi connectivity index (χ0v) is 13.7. The van der Waals surface area contributed by atoms with Crippen LogP contribution in [-0.2, 0) is 7.05 Å². The van der Waals surface area contributed by atoms with Crippen molar-refractivity contribution in [2.24, 2.45) is 7.05 Å². The molecule has 0 aromatic carbocycles. The van der Waals surface area contributed by atoms with Gasteiger partial charge in [0, 0.05) is 38.0 Å². The minimum absolute atomic E-state index is 0.0955. The number of aryl methyl sites for hydroxylation is 3. The standard InChI is InChI=1S/C16H21N5O2/c1-11-17-12(2)21(18-11)14-5-4-7-20(10-14)16(23)13-6-8-19(3)15(22)9-13/h6,8-9,14H,4-5,7,10H2,1-3H3/t14-/m1/s1. The smallest absolute Gasteiger partial charge is 0.254 e. The molecule has 1 aliphatic rings. The third kappa shape index (κ3) is 3.04. The first-order valence-electron chi connectivity index (χ1n) is 7.81. The summed E-state index contributed by atoms with van der Waals surface area (Å²) in [7, 11) is 1.67. The number of carbonyl (C=O) groups excluding carboxylic acids is 1. The molecule has 0 bridgehead atoms.